The fraction of sp³-hybridized carbons (Fsp3) is 0.370. The number of nitrogens with zero attached hydrogens (tertiary/aromatic N) is 1. The molecule has 0 unspecified atom stereocenters. The summed E-state index contributed by atoms with van der Waals surface area (Å²) in [5, 5.41) is 6.90. The van der Waals surface area contributed by atoms with E-state index >= 15 is 0 Å². The van der Waals surface area contributed by atoms with E-state index in [1.807, 2.05) is 48.7 Å². The summed E-state index contributed by atoms with van der Waals surface area (Å²) in [5.41, 5.74) is 2.27. The second kappa shape index (κ2) is 9.44. The summed E-state index contributed by atoms with van der Waals surface area (Å²) in [7, 11) is 1.62. The van der Waals surface area contributed by atoms with E-state index in [2.05, 4.69) is 21.7 Å². The van der Waals surface area contributed by atoms with Gasteiger partial charge in [-0.05, 0) is 42.2 Å². The molecule has 182 valence electrons. The summed E-state index contributed by atoms with van der Waals surface area (Å²) < 4.78 is 5.30. The Labute approximate surface area is 204 Å². The number of hydrogen-bond acceptors (Lipinski definition) is 4. The van der Waals surface area contributed by atoms with Gasteiger partial charge in [-0.3, -0.25) is 14.5 Å². The molecule has 2 aromatic carbocycles. The van der Waals surface area contributed by atoms with Crippen LogP contribution >= 0.6 is 0 Å². The predicted octanol–water partition coefficient (Wildman–Crippen LogP) is 3.68. The fourth-order valence-electron chi connectivity index (χ4n) is 5.36. The number of hydrogen-bond donors (Lipinski definition) is 3. The number of aromatic nitrogens is 1. The highest BCUT2D eigenvalue weighted by atomic mass is 16.5. The Morgan fingerprint density at radius 3 is 2.57 bits per heavy atom. The van der Waals surface area contributed by atoms with Gasteiger partial charge >= 0.3 is 6.03 Å². The number of carbonyl (C=O) groups excluding carboxylic acids is 3. The van der Waals surface area contributed by atoms with Crippen molar-refractivity contribution in [1.82, 2.24) is 20.5 Å². The van der Waals surface area contributed by atoms with Crippen LogP contribution in [0.25, 0.3) is 10.9 Å². The highest BCUT2D eigenvalue weighted by Crippen LogP contribution is 2.34. The molecule has 2 aliphatic rings. The Kier molecular flexibility index (Phi) is 6.19. The van der Waals surface area contributed by atoms with Gasteiger partial charge in [-0.1, -0.05) is 49.6 Å². The maximum Gasteiger partial charge on any atom is 0.325 e. The van der Waals surface area contributed by atoms with Crippen LogP contribution in [0.5, 0.6) is 5.75 Å². The van der Waals surface area contributed by atoms with Crippen LogP contribution in [0.15, 0.2) is 54.7 Å². The number of aromatic amines is 1. The van der Waals surface area contributed by atoms with Crippen molar-refractivity contribution in [3.63, 3.8) is 0 Å². The Morgan fingerprint density at radius 2 is 1.83 bits per heavy atom. The van der Waals surface area contributed by atoms with E-state index in [1.54, 1.807) is 7.11 Å². The van der Waals surface area contributed by atoms with Gasteiger partial charge in [0.2, 0.25) is 5.91 Å². The first kappa shape index (κ1) is 23.0. The van der Waals surface area contributed by atoms with Crippen LogP contribution in [0.1, 0.15) is 49.1 Å². The van der Waals surface area contributed by atoms with Crippen LogP contribution in [0.3, 0.4) is 0 Å². The maximum absolute atomic E-state index is 13.0. The SMILES string of the molecule is COc1ccc([C@@H](CNC(=O)CN2C(=O)NC3(CCCCC3)C2=O)c2c[nH]c3ccccc23)cc1. The lowest BCUT2D eigenvalue weighted by Gasteiger charge is -2.30. The monoisotopic (exact) mass is 474 g/mol. The first-order valence-corrected chi connectivity index (χ1v) is 12.1. The first-order valence-electron chi connectivity index (χ1n) is 12.1. The van der Waals surface area contributed by atoms with E-state index in [0.717, 1.165) is 51.9 Å². The summed E-state index contributed by atoms with van der Waals surface area (Å²) >= 11 is 0. The van der Waals surface area contributed by atoms with E-state index in [4.69, 9.17) is 4.74 Å². The molecule has 1 spiro atoms. The zero-order valence-corrected chi connectivity index (χ0v) is 19.8. The highest BCUT2D eigenvalue weighted by Gasteiger charge is 2.51. The van der Waals surface area contributed by atoms with Crippen molar-refractivity contribution in [2.24, 2.45) is 0 Å². The molecular formula is C27H30N4O4. The molecule has 1 saturated carbocycles. The number of rotatable bonds is 7. The second-order valence-corrected chi connectivity index (χ2v) is 9.38. The molecule has 4 amide bonds. The Bertz CT molecular complexity index is 1240. The maximum atomic E-state index is 13.0. The molecule has 5 rings (SSSR count). The van der Waals surface area contributed by atoms with Crippen molar-refractivity contribution < 1.29 is 19.1 Å². The molecule has 2 fully saturated rings. The third-order valence-corrected chi connectivity index (χ3v) is 7.27. The van der Waals surface area contributed by atoms with E-state index in [-0.39, 0.29) is 24.3 Å². The summed E-state index contributed by atoms with van der Waals surface area (Å²) in [4.78, 5) is 42.9. The number of fused-ring (bicyclic) bond motifs is 1. The third-order valence-electron chi connectivity index (χ3n) is 7.27. The number of benzene rings is 2. The van der Waals surface area contributed by atoms with Crippen LogP contribution in [-0.4, -0.2) is 53.5 Å². The van der Waals surface area contributed by atoms with Crippen molar-refractivity contribution in [3.05, 3.63) is 65.9 Å². The van der Waals surface area contributed by atoms with Gasteiger partial charge in [-0.15, -0.1) is 0 Å². The number of imide groups is 1. The van der Waals surface area contributed by atoms with Gasteiger partial charge in [0.25, 0.3) is 5.91 Å². The molecule has 8 nitrogen and oxygen atoms in total. The topological polar surface area (TPSA) is 104 Å². The minimum atomic E-state index is -0.828. The standard InChI is InChI=1S/C27H30N4O4/c1-35-19-11-9-18(10-12-19)21(22-16-28-23-8-4-3-7-20(22)23)15-29-24(32)17-31-25(33)27(30-26(31)34)13-5-2-6-14-27/h3-4,7-12,16,21,28H,2,5-6,13-15,17H2,1H3,(H,29,32)(H,30,34)/t21-/m1/s1. The number of ether oxygens (including phenoxy) is 1. The molecule has 8 heteroatoms. The fourth-order valence-corrected chi connectivity index (χ4v) is 5.36. The summed E-state index contributed by atoms with van der Waals surface area (Å²) in [6.07, 6.45) is 6.11. The smallest absolute Gasteiger partial charge is 0.325 e. The number of H-pyrrole nitrogens is 1. The molecule has 0 radical (unpaired) electrons. The largest absolute Gasteiger partial charge is 0.497 e. The molecule has 1 aliphatic heterocycles. The zero-order chi connectivity index (χ0) is 24.4. The first-order chi connectivity index (χ1) is 17.0. The molecule has 1 saturated heterocycles. The second-order valence-electron chi connectivity index (χ2n) is 9.38. The van der Waals surface area contributed by atoms with Gasteiger partial charge in [0.05, 0.1) is 7.11 Å². The Morgan fingerprint density at radius 1 is 1.09 bits per heavy atom. The quantitative estimate of drug-likeness (QED) is 0.455. The van der Waals surface area contributed by atoms with Crippen molar-refractivity contribution in [2.45, 2.75) is 43.6 Å². The number of carbonyl (C=O) groups is 3. The average molecular weight is 475 g/mol. The van der Waals surface area contributed by atoms with Gasteiger partial charge < -0.3 is 20.4 Å². The van der Waals surface area contributed by atoms with E-state index in [0.29, 0.717) is 19.4 Å². The van der Waals surface area contributed by atoms with Crippen LogP contribution in [0.4, 0.5) is 4.79 Å². The number of para-hydroxylation sites is 1. The Hall–Kier alpha value is -3.81. The summed E-state index contributed by atoms with van der Waals surface area (Å²) in [6.45, 7) is 0.0391. The lowest BCUT2D eigenvalue weighted by Crippen LogP contribution is -2.49. The number of urea groups is 1. The van der Waals surface area contributed by atoms with Crippen LogP contribution in [0.2, 0.25) is 0 Å². The van der Waals surface area contributed by atoms with Gasteiger partial charge in [0, 0.05) is 29.6 Å². The molecular weight excluding hydrogens is 444 g/mol. The molecule has 2 heterocycles. The molecule has 3 aromatic rings. The highest BCUT2D eigenvalue weighted by molar-refractivity contribution is 6.09. The van der Waals surface area contributed by atoms with E-state index in [1.165, 1.54) is 0 Å². The van der Waals surface area contributed by atoms with E-state index < -0.39 is 11.6 Å². The van der Waals surface area contributed by atoms with Crippen LogP contribution in [-0.2, 0) is 9.59 Å². The molecule has 1 atom stereocenters. The number of amides is 4. The normalized spacial score (nSPS) is 18.0. The van der Waals surface area contributed by atoms with Gasteiger partial charge in [-0.25, -0.2) is 4.79 Å². The lowest BCUT2D eigenvalue weighted by molar-refractivity contribution is -0.135. The van der Waals surface area contributed by atoms with Crippen LogP contribution in [0, 0.1) is 0 Å². The average Bonchev–Trinajstić information content (AvgIpc) is 3.40. The Balaban J connectivity index is 1.33. The summed E-state index contributed by atoms with van der Waals surface area (Å²) in [6, 6.07) is 15.3. The van der Waals surface area contributed by atoms with Crippen molar-refractivity contribution in [1.29, 1.82) is 0 Å². The van der Waals surface area contributed by atoms with E-state index in [9.17, 15) is 14.4 Å². The minimum Gasteiger partial charge on any atom is -0.497 e. The number of methoxy groups -OCH3 is 1. The van der Waals surface area contributed by atoms with Crippen molar-refractivity contribution in [2.75, 3.05) is 20.2 Å². The lowest BCUT2D eigenvalue weighted by atomic mass is 9.82. The summed E-state index contributed by atoms with van der Waals surface area (Å²) in [5.74, 6) is -0.0140. The van der Waals surface area contributed by atoms with Crippen molar-refractivity contribution >= 4 is 28.7 Å². The predicted molar refractivity (Wildman–Crippen MR) is 132 cm³/mol. The van der Waals surface area contributed by atoms with Gasteiger partial charge in [0.15, 0.2) is 0 Å². The van der Waals surface area contributed by atoms with Gasteiger partial charge in [0.1, 0.15) is 17.8 Å². The molecule has 1 aromatic heterocycles. The molecule has 1 aliphatic carbocycles. The molecule has 0 bridgehead atoms. The number of nitrogens with one attached hydrogen (secondary N) is 3. The molecule has 35 heavy (non-hydrogen) atoms. The molecule has 3 N–H and O–H groups in total. The third kappa shape index (κ3) is 4.36. The zero-order valence-electron chi connectivity index (χ0n) is 19.8. The van der Waals surface area contributed by atoms with Gasteiger partial charge in [-0.2, -0.15) is 0 Å². The minimum absolute atomic E-state index is 0.131. The van der Waals surface area contributed by atoms with Crippen molar-refractivity contribution in [3.8, 4) is 5.75 Å². The van der Waals surface area contributed by atoms with Crippen LogP contribution < -0.4 is 15.4 Å².